The fourth-order valence-corrected chi connectivity index (χ4v) is 4.48. The number of nitrogens with one attached hydrogen (secondary N) is 1. The summed E-state index contributed by atoms with van der Waals surface area (Å²) in [5, 5.41) is 3.39. The molecule has 0 radical (unpaired) electrons. The van der Waals surface area contributed by atoms with Crippen LogP contribution in [0.3, 0.4) is 0 Å². The monoisotopic (exact) mass is 445 g/mol. The molecule has 170 valence electrons. The van der Waals surface area contributed by atoms with Gasteiger partial charge in [0.15, 0.2) is 0 Å². The zero-order valence-corrected chi connectivity index (χ0v) is 18.8. The third-order valence-corrected chi connectivity index (χ3v) is 6.43. The minimum absolute atomic E-state index is 0.262. The van der Waals surface area contributed by atoms with E-state index in [2.05, 4.69) is 52.6 Å². The molecule has 0 amide bonds. The van der Waals surface area contributed by atoms with Crippen LogP contribution in [0, 0.1) is 0 Å². The predicted molar refractivity (Wildman–Crippen MR) is 127 cm³/mol. The molecule has 1 atom stereocenters. The molecule has 1 aromatic carbocycles. The maximum Gasteiger partial charge on any atom is 0.340 e. The van der Waals surface area contributed by atoms with Gasteiger partial charge in [-0.2, -0.15) is 0 Å². The number of aromatic nitrogens is 1. The van der Waals surface area contributed by atoms with E-state index in [1.807, 2.05) is 6.26 Å². The number of ether oxygens (including phenoxy) is 3. The molecule has 3 aliphatic rings. The molecule has 1 N–H and O–H groups in total. The molecule has 0 saturated carbocycles. The van der Waals surface area contributed by atoms with Gasteiger partial charge in [-0.3, -0.25) is 4.98 Å². The molecule has 5 rings (SSSR count). The summed E-state index contributed by atoms with van der Waals surface area (Å²) in [7, 11) is 3.46. The molecule has 0 fully saturated rings. The van der Waals surface area contributed by atoms with Crippen LogP contribution in [0.4, 0.5) is 11.4 Å². The third-order valence-electron chi connectivity index (χ3n) is 6.43. The second-order valence-electron chi connectivity index (χ2n) is 8.37. The minimum Gasteiger partial charge on any atom is -0.496 e. The maximum atomic E-state index is 12.0. The van der Waals surface area contributed by atoms with E-state index in [1.165, 1.54) is 23.8 Å². The Balaban J connectivity index is 1.32. The Bertz CT molecular complexity index is 1170. The Morgan fingerprint density at radius 2 is 2.21 bits per heavy atom. The predicted octanol–water partition coefficient (Wildman–Crippen LogP) is 4.41. The summed E-state index contributed by atoms with van der Waals surface area (Å²) < 4.78 is 16.4. The van der Waals surface area contributed by atoms with Gasteiger partial charge in [0, 0.05) is 43.2 Å². The van der Waals surface area contributed by atoms with Gasteiger partial charge in [-0.05, 0) is 47.8 Å². The highest BCUT2D eigenvalue weighted by atomic mass is 16.5. The molecule has 33 heavy (non-hydrogen) atoms. The van der Waals surface area contributed by atoms with Crippen LogP contribution in [-0.2, 0) is 9.47 Å². The standard InChI is InChI=1S/C26H27N3O4/c1-29(20-4-3-18-15-32-16-19(18)11-20)21-5-6-22-17(8-10-33-25(22)12-21)13-28-24-14-27-9-7-23(24)26(30)31-2/h4-7,9,11-12,14-15,17,28H,3,8,10,13,16H2,1-2H3/t17-/m0/s1. The Morgan fingerprint density at radius 1 is 1.30 bits per heavy atom. The second-order valence-corrected chi connectivity index (χ2v) is 8.37. The van der Waals surface area contributed by atoms with Crippen LogP contribution in [0.1, 0.15) is 34.7 Å². The van der Waals surface area contributed by atoms with E-state index in [4.69, 9.17) is 14.2 Å². The van der Waals surface area contributed by atoms with Gasteiger partial charge in [0.2, 0.25) is 0 Å². The first kappa shape index (κ1) is 21.1. The number of benzene rings is 1. The number of fused-ring (bicyclic) bond motifs is 2. The van der Waals surface area contributed by atoms with Crippen molar-refractivity contribution in [3.05, 3.63) is 83.0 Å². The number of carbonyl (C=O) groups excluding carboxylic acids is 1. The Kier molecular flexibility index (Phi) is 5.77. The number of methoxy groups -OCH3 is 1. The quantitative estimate of drug-likeness (QED) is 0.660. The molecule has 3 heterocycles. The van der Waals surface area contributed by atoms with Crippen LogP contribution < -0.4 is 15.0 Å². The number of likely N-dealkylation sites (N-methyl/N-ethyl adjacent to an activating group) is 1. The molecule has 0 spiro atoms. The summed E-state index contributed by atoms with van der Waals surface area (Å²) in [4.78, 5) is 18.4. The van der Waals surface area contributed by atoms with Crippen LogP contribution in [0.2, 0.25) is 0 Å². The molecule has 7 nitrogen and oxygen atoms in total. The first-order chi connectivity index (χ1) is 16.1. The van der Waals surface area contributed by atoms with E-state index in [-0.39, 0.29) is 11.9 Å². The summed E-state index contributed by atoms with van der Waals surface area (Å²) in [6, 6.07) is 8.07. The van der Waals surface area contributed by atoms with Gasteiger partial charge in [0.05, 0.1) is 37.4 Å². The molecule has 2 aliphatic heterocycles. The number of anilines is 2. The number of hydrogen-bond acceptors (Lipinski definition) is 7. The van der Waals surface area contributed by atoms with Crippen molar-refractivity contribution in [2.45, 2.75) is 18.8 Å². The molecule has 0 unspecified atom stereocenters. The molecule has 0 bridgehead atoms. The lowest BCUT2D eigenvalue weighted by Crippen LogP contribution is -2.23. The Hall–Kier alpha value is -3.74. The van der Waals surface area contributed by atoms with E-state index >= 15 is 0 Å². The van der Waals surface area contributed by atoms with E-state index in [0.29, 0.717) is 31.0 Å². The average Bonchev–Trinajstić information content (AvgIpc) is 3.34. The second kappa shape index (κ2) is 9.02. The van der Waals surface area contributed by atoms with Crippen LogP contribution in [0.15, 0.2) is 71.9 Å². The number of carbonyl (C=O) groups is 1. The molecule has 0 saturated heterocycles. The summed E-state index contributed by atoms with van der Waals surface area (Å²) in [5.41, 5.74) is 7.08. The molecule has 2 aromatic rings. The van der Waals surface area contributed by atoms with Gasteiger partial charge < -0.3 is 24.4 Å². The summed E-state index contributed by atoms with van der Waals surface area (Å²) in [6.45, 7) is 1.98. The molecular weight excluding hydrogens is 418 g/mol. The molecular formula is C26H27N3O4. The number of pyridine rings is 1. The maximum absolute atomic E-state index is 12.0. The number of nitrogens with zero attached hydrogens (tertiary/aromatic N) is 2. The molecule has 1 aromatic heterocycles. The number of esters is 1. The SMILES string of the molecule is COC(=O)c1ccncc1NC[C@@H]1CCOc2cc(N(C)C3=CCC4=COCC4=C3)ccc21. The van der Waals surface area contributed by atoms with Crippen LogP contribution in [0.5, 0.6) is 5.75 Å². The molecule has 1 aliphatic carbocycles. The van der Waals surface area contributed by atoms with Gasteiger partial charge in [-0.15, -0.1) is 0 Å². The van der Waals surface area contributed by atoms with Crippen molar-refractivity contribution in [3.63, 3.8) is 0 Å². The first-order valence-electron chi connectivity index (χ1n) is 11.1. The zero-order valence-electron chi connectivity index (χ0n) is 18.8. The first-order valence-corrected chi connectivity index (χ1v) is 11.1. The van der Waals surface area contributed by atoms with Crippen molar-refractivity contribution in [2.75, 3.05) is 44.1 Å². The van der Waals surface area contributed by atoms with Crippen molar-refractivity contribution in [3.8, 4) is 5.75 Å². The van der Waals surface area contributed by atoms with Crippen LogP contribution in [0.25, 0.3) is 0 Å². The fourth-order valence-electron chi connectivity index (χ4n) is 4.48. The lowest BCUT2D eigenvalue weighted by Gasteiger charge is -2.29. The van der Waals surface area contributed by atoms with Gasteiger partial charge in [-0.25, -0.2) is 4.79 Å². The van der Waals surface area contributed by atoms with Crippen molar-refractivity contribution < 1.29 is 19.0 Å². The van der Waals surface area contributed by atoms with E-state index < -0.39 is 0 Å². The minimum atomic E-state index is -0.376. The summed E-state index contributed by atoms with van der Waals surface area (Å²) >= 11 is 0. The fraction of sp³-hybridized carbons (Fsp3) is 0.308. The van der Waals surface area contributed by atoms with Crippen molar-refractivity contribution in [1.82, 2.24) is 4.98 Å². The highest BCUT2D eigenvalue weighted by Crippen LogP contribution is 2.38. The van der Waals surface area contributed by atoms with Crippen molar-refractivity contribution in [2.24, 2.45) is 0 Å². The van der Waals surface area contributed by atoms with Gasteiger partial charge in [0.1, 0.15) is 12.4 Å². The largest absolute Gasteiger partial charge is 0.496 e. The highest BCUT2D eigenvalue weighted by Gasteiger charge is 2.24. The van der Waals surface area contributed by atoms with Crippen LogP contribution in [-0.4, -0.2) is 44.9 Å². The Labute approximate surface area is 193 Å². The topological polar surface area (TPSA) is 72.9 Å². The van der Waals surface area contributed by atoms with E-state index in [0.717, 1.165) is 30.0 Å². The molecule has 7 heteroatoms. The van der Waals surface area contributed by atoms with Gasteiger partial charge in [0.25, 0.3) is 0 Å². The normalized spacial score (nSPS) is 18.5. The number of rotatable bonds is 6. The van der Waals surface area contributed by atoms with Crippen LogP contribution >= 0.6 is 0 Å². The smallest absolute Gasteiger partial charge is 0.340 e. The lowest BCUT2D eigenvalue weighted by molar-refractivity contribution is 0.0601. The number of hydrogen-bond donors (Lipinski definition) is 1. The number of allylic oxidation sites excluding steroid dienone is 2. The van der Waals surface area contributed by atoms with E-state index in [9.17, 15) is 4.79 Å². The lowest BCUT2D eigenvalue weighted by atomic mass is 9.92. The van der Waals surface area contributed by atoms with Crippen molar-refractivity contribution >= 4 is 17.3 Å². The highest BCUT2D eigenvalue weighted by molar-refractivity contribution is 5.95. The van der Waals surface area contributed by atoms with Crippen molar-refractivity contribution in [1.29, 1.82) is 0 Å². The Morgan fingerprint density at radius 3 is 3.09 bits per heavy atom. The van der Waals surface area contributed by atoms with Gasteiger partial charge >= 0.3 is 5.97 Å². The van der Waals surface area contributed by atoms with Gasteiger partial charge in [-0.1, -0.05) is 12.1 Å². The third kappa shape index (κ3) is 4.18. The summed E-state index contributed by atoms with van der Waals surface area (Å²) in [5.74, 6) is 0.794. The zero-order chi connectivity index (χ0) is 22.8. The van der Waals surface area contributed by atoms with E-state index in [1.54, 1.807) is 18.5 Å². The summed E-state index contributed by atoms with van der Waals surface area (Å²) in [6.07, 6.45) is 11.3. The average molecular weight is 446 g/mol.